The lowest BCUT2D eigenvalue weighted by atomic mass is 9.99. The fourth-order valence-electron chi connectivity index (χ4n) is 3.34. The largest absolute Gasteiger partial charge is 0.380 e. The molecule has 0 amide bonds. The molecular weight excluding hydrogens is 212 g/mol. The third-order valence-electron chi connectivity index (χ3n) is 4.32. The highest BCUT2D eigenvalue weighted by Crippen LogP contribution is 2.23. The van der Waals surface area contributed by atoms with Crippen LogP contribution in [0.25, 0.3) is 0 Å². The minimum absolute atomic E-state index is 0.594. The Morgan fingerprint density at radius 3 is 2.94 bits per heavy atom. The molecule has 0 radical (unpaired) electrons. The Balaban J connectivity index is 2.00. The molecule has 0 saturated carbocycles. The molecule has 2 rings (SSSR count). The van der Waals surface area contributed by atoms with Crippen molar-refractivity contribution in [2.24, 2.45) is 0 Å². The predicted molar refractivity (Wildman–Crippen MR) is 71.3 cm³/mol. The summed E-state index contributed by atoms with van der Waals surface area (Å²) >= 11 is 0. The fourth-order valence-corrected chi connectivity index (χ4v) is 3.34. The van der Waals surface area contributed by atoms with Crippen molar-refractivity contribution in [1.82, 2.24) is 10.2 Å². The lowest BCUT2D eigenvalue weighted by Gasteiger charge is -2.42. The van der Waals surface area contributed by atoms with Gasteiger partial charge in [0.05, 0.1) is 6.61 Å². The zero-order chi connectivity index (χ0) is 12.1. The number of ether oxygens (including phenoxy) is 1. The van der Waals surface area contributed by atoms with E-state index in [4.69, 9.17) is 4.74 Å². The third kappa shape index (κ3) is 3.43. The van der Waals surface area contributed by atoms with Crippen LogP contribution in [-0.4, -0.2) is 49.3 Å². The van der Waals surface area contributed by atoms with Crippen LogP contribution in [0.15, 0.2) is 0 Å². The Morgan fingerprint density at radius 1 is 1.24 bits per heavy atom. The van der Waals surface area contributed by atoms with Crippen LogP contribution in [0.1, 0.15) is 46.0 Å². The molecule has 2 saturated heterocycles. The van der Waals surface area contributed by atoms with Crippen LogP contribution in [0.2, 0.25) is 0 Å². The molecule has 0 bridgehead atoms. The molecule has 2 aliphatic heterocycles. The van der Waals surface area contributed by atoms with Crippen LogP contribution < -0.4 is 5.32 Å². The Labute approximate surface area is 106 Å². The molecule has 2 fully saturated rings. The van der Waals surface area contributed by atoms with E-state index in [9.17, 15) is 0 Å². The molecule has 17 heavy (non-hydrogen) atoms. The molecule has 1 N–H and O–H groups in total. The number of nitrogens with one attached hydrogen (secondary N) is 1. The van der Waals surface area contributed by atoms with E-state index in [1.807, 2.05) is 0 Å². The molecule has 3 atom stereocenters. The lowest BCUT2D eigenvalue weighted by molar-refractivity contribution is -0.0157. The van der Waals surface area contributed by atoms with Gasteiger partial charge in [0.2, 0.25) is 0 Å². The van der Waals surface area contributed by atoms with Crippen molar-refractivity contribution in [2.75, 3.05) is 26.3 Å². The normalized spacial score (nSPS) is 36.7. The zero-order valence-electron chi connectivity index (χ0n) is 11.5. The summed E-state index contributed by atoms with van der Waals surface area (Å²) in [6, 6.07) is 1.96. The van der Waals surface area contributed by atoms with E-state index in [0.29, 0.717) is 12.1 Å². The van der Waals surface area contributed by atoms with Crippen molar-refractivity contribution in [3.05, 3.63) is 0 Å². The molecule has 100 valence electrons. The molecule has 0 aromatic heterocycles. The summed E-state index contributed by atoms with van der Waals surface area (Å²) in [4.78, 5) is 2.71. The molecule has 0 aliphatic carbocycles. The summed E-state index contributed by atoms with van der Waals surface area (Å²) in [5.41, 5.74) is 0. The van der Waals surface area contributed by atoms with Gasteiger partial charge in [-0.3, -0.25) is 4.90 Å². The highest BCUT2D eigenvalue weighted by molar-refractivity contribution is 4.90. The first kappa shape index (κ1) is 13.3. The summed E-state index contributed by atoms with van der Waals surface area (Å²) in [5, 5.41) is 3.65. The Bertz CT molecular complexity index is 220. The Hall–Kier alpha value is -0.120. The monoisotopic (exact) mass is 240 g/mol. The van der Waals surface area contributed by atoms with Crippen LogP contribution in [-0.2, 0) is 4.74 Å². The van der Waals surface area contributed by atoms with Crippen LogP contribution in [0, 0.1) is 0 Å². The standard InChI is InChI=1S/C14H28N2O/c1-3-15-13-8-10-17-11-14(13)16-9-6-4-5-7-12(16)2/h12-15H,3-11H2,1-2H3. The smallest absolute Gasteiger partial charge is 0.0637 e. The van der Waals surface area contributed by atoms with Gasteiger partial charge in [-0.2, -0.15) is 0 Å². The van der Waals surface area contributed by atoms with Gasteiger partial charge in [-0.05, 0) is 39.3 Å². The molecule has 2 heterocycles. The summed E-state index contributed by atoms with van der Waals surface area (Å²) in [6.45, 7) is 8.78. The van der Waals surface area contributed by atoms with Crippen molar-refractivity contribution in [3.8, 4) is 0 Å². The summed E-state index contributed by atoms with van der Waals surface area (Å²) < 4.78 is 5.72. The highest BCUT2D eigenvalue weighted by Gasteiger charge is 2.33. The Kier molecular flexibility index (Phi) is 5.26. The molecule has 3 heteroatoms. The second kappa shape index (κ2) is 6.72. The first-order valence-corrected chi connectivity index (χ1v) is 7.39. The minimum Gasteiger partial charge on any atom is -0.380 e. The highest BCUT2D eigenvalue weighted by atomic mass is 16.5. The maximum atomic E-state index is 5.72. The topological polar surface area (TPSA) is 24.5 Å². The number of hydrogen-bond acceptors (Lipinski definition) is 3. The Morgan fingerprint density at radius 2 is 2.12 bits per heavy atom. The second-order valence-electron chi connectivity index (χ2n) is 5.53. The van der Waals surface area contributed by atoms with Crippen molar-refractivity contribution in [2.45, 2.75) is 64.1 Å². The quantitative estimate of drug-likeness (QED) is 0.817. The number of likely N-dealkylation sites (N-methyl/N-ethyl adjacent to an activating group) is 1. The fraction of sp³-hybridized carbons (Fsp3) is 1.00. The average Bonchev–Trinajstić information content (AvgIpc) is 2.55. The van der Waals surface area contributed by atoms with E-state index in [1.165, 1.54) is 38.6 Å². The molecule has 0 aromatic rings. The van der Waals surface area contributed by atoms with Crippen molar-refractivity contribution < 1.29 is 4.74 Å². The molecule has 3 nitrogen and oxygen atoms in total. The number of likely N-dealkylation sites (tertiary alicyclic amines) is 1. The van der Waals surface area contributed by atoms with E-state index in [-0.39, 0.29) is 0 Å². The molecule has 0 spiro atoms. The molecule has 0 aromatic carbocycles. The van der Waals surface area contributed by atoms with Crippen LogP contribution in [0.3, 0.4) is 0 Å². The predicted octanol–water partition coefficient (Wildman–Crippen LogP) is 2.02. The van der Waals surface area contributed by atoms with Gasteiger partial charge >= 0.3 is 0 Å². The number of hydrogen-bond donors (Lipinski definition) is 1. The van der Waals surface area contributed by atoms with E-state index in [2.05, 4.69) is 24.1 Å². The maximum Gasteiger partial charge on any atom is 0.0637 e. The van der Waals surface area contributed by atoms with E-state index < -0.39 is 0 Å². The lowest BCUT2D eigenvalue weighted by Crippen LogP contribution is -2.57. The van der Waals surface area contributed by atoms with E-state index in [0.717, 1.165) is 25.8 Å². The second-order valence-corrected chi connectivity index (χ2v) is 5.53. The minimum atomic E-state index is 0.594. The SMILES string of the molecule is CCNC1CCOCC1N1CCCCCC1C. The maximum absolute atomic E-state index is 5.72. The first-order valence-electron chi connectivity index (χ1n) is 7.39. The molecule has 2 aliphatic rings. The van der Waals surface area contributed by atoms with Crippen LogP contribution >= 0.6 is 0 Å². The van der Waals surface area contributed by atoms with Gasteiger partial charge < -0.3 is 10.1 Å². The zero-order valence-corrected chi connectivity index (χ0v) is 11.5. The van der Waals surface area contributed by atoms with Gasteiger partial charge in [0.1, 0.15) is 0 Å². The number of rotatable bonds is 3. The van der Waals surface area contributed by atoms with Gasteiger partial charge in [-0.1, -0.05) is 19.8 Å². The van der Waals surface area contributed by atoms with Crippen LogP contribution in [0.5, 0.6) is 0 Å². The van der Waals surface area contributed by atoms with Gasteiger partial charge in [0.25, 0.3) is 0 Å². The summed E-state index contributed by atoms with van der Waals surface area (Å²) in [6.07, 6.45) is 6.69. The van der Waals surface area contributed by atoms with Gasteiger partial charge in [0, 0.05) is 24.7 Å². The molecular formula is C14H28N2O. The van der Waals surface area contributed by atoms with Crippen LogP contribution in [0.4, 0.5) is 0 Å². The van der Waals surface area contributed by atoms with Crippen molar-refractivity contribution in [3.63, 3.8) is 0 Å². The number of nitrogens with zero attached hydrogens (tertiary/aromatic N) is 1. The average molecular weight is 240 g/mol. The van der Waals surface area contributed by atoms with Crippen molar-refractivity contribution >= 4 is 0 Å². The first-order chi connectivity index (χ1) is 8.33. The summed E-state index contributed by atoms with van der Waals surface area (Å²) in [5.74, 6) is 0. The summed E-state index contributed by atoms with van der Waals surface area (Å²) in [7, 11) is 0. The van der Waals surface area contributed by atoms with E-state index in [1.54, 1.807) is 0 Å². The third-order valence-corrected chi connectivity index (χ3v) is 4.32. The van der Waals surface area contributed by atoms with Gasteiger partial charge in [0.15, 0.2) is 0 Å². The van der Waals surface area contributed by atoms with Crippen molar-refractivity contribution in [1.29, 1.82) is 0 Å². The van der Waals surface area contributed by atoms with E-state index >= 15 is 0 Å². The van der Waals surface area contributed by atoms with Gasteiger partial charge in [-0.15, -0.1) is 0 Å². The van der Waals surface area contributed by atoms with Gasteiger partial charge in [-0.25, -0.2) is 0 Å². The molecule has 3 unspecified atom stereocenters.